The van der Waals surface area contributed by atoms with Crippen molar-refractivity contribution >= 4 is 0 Å². The maximum atomic E-state index is 4.04. The molecule has 0 fully saturated rings. The van der Waals surface area contributed by atoms with E-state index >= 15 is 0 Å². The zero-order valence-electron chi connectivity index (χ0n) is 9.11. The molecular weight excluding hydrogens is 170 g/mol. The molecule has 1 heteroatoms. The van der Waals surface area contributed by atoms with Gasteiger partial charge in [0.15, 0.2) is 0 Å². The zero-order chi connectivity index (χ0) is 10.2. The third-order valence-electron chi connectivity index (χ3n) is 2.49. The molecule has 1 aromatic rings. The van der Waals surface area contributed by atoms with Crippen molar-refractivity contribution in [2.24, 2.45) is 0 Å². The van der Waals surface area contributed by atoms with Crippen LogP contribution in [-0.2, 0) is 0 Å². The van der Waals surface area contributed by atoms with Gasteiger partial charge in [0, 0.05) is 12.4 Å². The molecule has 1 rings (SSSR count). The molecule has 0 aromatic carbocycles. The Labute approximate surface area is 86.9 Å². The Balaban J connectivity index is 2.58. The molecular formula is C13H19N. The largest absolute Gasteiger partial charge is 0.265 e. The number of allylic oxidation sites excluding steroid dienone is 2. The maximum Gasteiger partial charge on any atom is 0.0270 e. The summed E-state index contributed by atoms with van der Waals surface area (Å²) < 4.78 is 0. The van der Waals surface area contributed by atoms with Crippen LogP contribution in [0.15, 0.2) is 36.7 Å². The number of nitrogens with zero attached hydrogens (tertiary/aromatic N) is 1. The summed E-state index contributed by atoms with van der Waals surface area (Å²) in [4.78, 5) is 4.04. The van der Waals surface area contributed by atoms with E-state index in [9.17, 15) is 0 Å². The van der Waals surface area contributed by atoms with Gasteiger partial charge in [0.1, 0.15) is 0 Å². The smallest absolute Gasteiger partial charge is 0.0270 e. The second kappa shape index (κ2) is 6.36. The Bertz CT molecular complexity index is 264. The second-order valence-electron chi connectivity index (χ2n) is 3.50. The number of pyridine rings is 1. The van der Waals surface area contributed by atoms with Gasteiger partial charge in [-0.15, -0.1) is 0 Å². The van der Waals surface area contributed by atoms with Gasteiger partial charge >= 0.3 is 0 Å². The van der Waals surface area contributed by atoms with Crippen LogP contribution in [0.5, 0.6) is 0 Å². The minimum absolute atomic E-state index is 0.654. The lowest BCUT2D eigenvalue weighted by Crippen LogP contribution is -1.95. The first-order valence-electron chi connectivity index (χ1n) is 5.43. The summed E-state index contributed by atoms with van der Waals surface area (Å²) in [5, 5.41) is 0. The van der Waals surface area contributed by atoms with Crippen LogP contribution in [0.1, 0.15) is 44.6 Å². The molecule has 1 heterocycles. The molecule has 0 aliphatic carbocycles. The van der Waals surface area contributed by atoms with Crippen LogP contribution in [0.3, 0.4) is 0 Å². The van der Waals surface area contributed by atoms with Crippen molar-refractivity contribution in [3.8, 4) is 0 Å². The summed E-state index contributed by atoms with van der Waals surface area (Å²) in [6, 6.07) is 4.24. The molecule has 0 amide bonds. The van der Waals surface area contributed by atoms with Gasteiger partial charge < -0.3 is 0 Å². The quantitative estimate of drug-likeness (QED) is 0.639. The van der Waals surface area contributed by atoms with Gasteiger partial charge in [-0.3, -0.25) is 4.98 Å². The molecule has 0 saturated carbocycles. The lowest BCUT2D eigenvalue weighted by molar-refractivity contribution is 0.672. The Kier molecular flexibility index (Phi) is 4.98. The van der Waals surface area contributed by atoms with Gasteiger partial charge in [0.2, 0.25) is 0 Å². The van der Waals surface area contributed by atoms with Crippen molar-refractivity contribution in [1.82, 2.24) is 4.98 Å². The van der Waals surface area contributed by atoms with Gasteiger partial charge in [0.25, 0.3) is 0 Å². The molecule has 0 saturated heterocycles. The van der Waals surface area contributed by atoms with Crippen LogP contribution in [0.4, 0.5) is 0 Å². The Morgan fingerprint density at radius 1 is 1.21 bits per heavy atom. The standard InChI is InChI=1S/C13H19N/c1-3-5-6-7-12(4-2)13-8-10-14-11-9-13/h5-6,8-12H,3-4,7H2,1-2H3/b6-5-. The van der Waals surface area contributed by atoms with Gasteiger partial charge in [-0.1, -0.05) is 26.0 Å². The molecule has 0 spiro atoms. The lowest BCUT2D eigenvalue weighted by Gasteiger charge is -2.12. The van der Waals surface area contributed by atoms with Crippen LogP contribution in [-0.4, -0.2) is 4.98 Å². The van der Waals surface area contributed by atoms with E-state index < -0.39 is 0 Å². The average molecular weight is 189 g/mol. The number of rotatable bonds is 5. The van der Waals surface area contributed by atoms with E-state index in [0.29, 0.717) is 5.92 Å². The number of hydrogen-bond acceptors (Lipinski definition) is 1. The maximum absolute atomic E-state index is 4.04. The fourth-order valence-electron chi connectivity index (χ4n) is 1.60. The summed E-state index contributed by atoms with van der Waals surface area (Å²) in [5.74, 6) is 0.654. The molecule has 1 atom stereocenters. The van der Waals surface area contributed by atoms with Crippen molar-refractivity contribution < 1.29 is 0 Å². The minimum atomic E-state index is 0.654. The first-order chi connectivity index (χ1) is 6.88. The van der Waals surface area contributed by atoms with Gasteiger partial charge in [-0.2, -0.15) is 0 Å². The normalized spacial score (nSPS) is 13.3. The predicted molar refractivity (Wildman–Crippen MR) is 61.3 cm³/mol. The third-order valence-corrected chi connectivity index (χ3v) is 2.49. The fourth-order valence-corrected chi connectivity index (χ4v) is 1.60. The lowest BCUT2D eigenvalue weighted by atomic mass is 9.94. The van der Waals surface area contributed by atoms with Crippen molar-refractivity contribution in [1.29, 1.82) is 0 Å². The van der Waals surface area contributed by atoms with Crippen LogP contribution in [0, 0.1) is 0 Å². The molecule has 76 valence electrons. The van der Waals surface area contributed by atoms with Gasteiger partial charge in [-0.25, -0.2) is 0 Å². The van der Waals surface area contributed by atoms with Crippen LogP contribution in [0.2, 0.25) is 0 Å². The van der Waals surface area contributed by atoms with E-state index in [0.717, 1.165) is 12.8 Å². The van der Waals surface area contributed by atoms with Crippen LogP contribution < -0.4 is 0 Å². The molecule has 0 radical (unpaired) electrons. The first kappa shape index (κ1) is 11.0. The molecule has 1 aromatic heterocycles. The van der Waals surface area contributed by atoms with E-state index in [1.54, 1.807) is 0 Å². The predicted octanol–water partition coefficient (Wildman–Crippen LogP) is 3.93. The molecule has 0 aliphatic rings. The SMILES string of the molecule is CC/C=C\CC(CC)c1ccncc1. The van der Waals surface area contributed by atoms with Crippen molar-refractivity contribution in [2.75, 3.05) is 0 Å². The number of hydrogen-bond donors (Lipinski definition) is 0. The summed E-state index contributed by atoms with van der Waals surface area (Å²) >= 11 is 0. The Morgan fingerprint density at radius 3 is 2.50 bits per heavy atom. The molecule has 0 N–H and O–H groups in total. The summed E-state index contributed by atoms with van der Waals surface area (Å²) in [7, 11) is 0. The molecule has 14 heavy (non-hydrogen) atoms. The van der Waals surface area contributed by atoms with E-state index in [1.165, 1.54) is 12.0 Å². The zero-order valence-corrected chi connectivity index (χ0v) is 9.11. The van der Waals surface area contributed by atoms with Crippen LogP contribution >= 0.6 is 0 Å². The van der Waals surface area contributed by atoms with Gasteiger partial charge in [-0.05, 0) is 42.9 Å². The second-order valence-corrected chi connectivity index (χ2v) is 3.50. The van der Waals surface area contributed by atoms with Crippen molar-refractivity contribution in [3.05, 3.63) is 42.2 Å². The Morgan fingerprint density at radius 2 is 1.93 bits per heavy atom. The molecule has 0 bridgehead atoms. The average Bonchev–Trinajstić information content (AvgIpc) is 2.26. The Hall–Kier alpha value is -1.11. The van der Waals surface area contributed by atoms with E-state index in [2.05, 4.69) is 43.1 Å². The van der Waals surface area contributed by atoms with Crippen molar-refractivity contribution in [3.63, 3.8) is 0 Å². The highest BCUT2D eigenvalue weighted by atomic mass is 14.6. The molecule has 1 nitrogen and oxygen atoms in total. The van der Waals surface area contributed by atoms with E-state index in [1.807, 2.05) is 12.4 Å². The van der Waals surface area contributed by atoms with Crippen LogP contribution in [0.25, 0.3) is 0 Å². The molecule has 1 unspecified atom stereocenters. The van der Waals surface area contributed by atoms with E-state index in [-0.39, 0.29) is 0 Å². The summed E-state index contributed by atoms with van der Waals surface area (Å²) in [5.41, 5.74) is 1.41. The highest BCUT2D eigenvalue weighted by molar-refractivity contribution is 5.16. The fraction of sp³-hybridized carbons (Fsp3) is 0.462. The third kappa shape index (κ3) is 3.33. The highest BCUT2D eigenvalue weighted by Crippen LogP contribution is 2.22. The monoisotopic (exact) mass is 189 g/mol. The summed E-state index contributed by atoms with van der Waals surface area (Å²) in [6.07, 6.45) is 11.8. The van der Waals surface area contributed by atoms with E-state index in [4.69, 9.17) is 0 Å². The topological polar surface area (TPSA) is 12.9 Å². The highest BCUT2D eigenvalue weighted by Gasteiger charge is 2.05. The minimum Gasteiger partial charge on any atom is -0.265 e. The number of aromatic nitrogens is 1. The molecule has 0 aliphatic heterocycles. The summed E-state index contributed by atoms with van der Waals surface area (Å²) in [6.45, 7) is 4.41. The van der Waals surface area contributed by atoms with Gasteiger partial charge in [0.05, 0.1) is 0 Å². The first-order valence-corrected chi connectivity index (χ1v) is 5.43. The van der Waals surface area contributed by atoms with Crippen molar-refractivity contribution in [2.45, 2.75) is 39.0 Å².